The third-order valence-electron chi connectivity index (χ3n) is 5.15. The van der Waals surface area contributed by atoms with Gasteiger partial charge in [-0.3, -0.25) is 9.59 Å². The number of benzene rings is 2. The quantitative estimate of drug-likeness (QED) is 0.543. The van der Waals surface area contributed by atoms with Gasteiger partial charge in [0.25, 0.3) is 0 Å². The van der Waals surface area contributed by atoms with Gasteiger partial charge in [-0.1, -0.05) is 41.9 Å². The first kappa shape index (κ1) is 21.4. The summed E-state index contributed by atoms with van der Waals surface area (Å²) in [6.07, 6.45) is 2.02. The minimum Gasteiger partial charge on any atom is -0.392 e. The summed E-state index contributed by atoms with van der Waals surface area (Å²) in [6, 6.07) is 8.89. The zero-order valence-electron chi connectivity index (χ0n) is 16.1. The van der Waals surface area contributed by atoms with Gasteiger partial charge in [-0.2, -0.15) is 0 Å². The number of aliphatic hydroxyl groups excluding tert-OH is 1. The summed E-state index contributed by atoms with van der Waals surface area (Å²) >= 11 is 6.20. The Balaban J connectivity index is 1.94. The Morgan fingerprint density at radius 1 is 1.24 bits per heavy atom. The van der Waals surface area contributed by atoms with Crippen LogP contribution in [0.4, 0.5) is 4.39 Å². The second-order valence-electron chi connectivity index (χ2n) is 7.56. The molecular weight excluding hydrogens is 395 g/mol. The molecule has 0 spiro atoms. The van der Waals surface area contributed by atoms with E-state index in [2.05, 4.69) is 5.32 Å². The number of aliphatic hydroxyl groups is 1. The van der Waals surface area contributed by atoms with Gasteiger partial charge >= 0.3 is 0 Å². The first-order chi connectivity index (χ1) is 13.8. The molecule has 3 rings (SSSR count). The van der Waals surface area contributed by atoms with Crippen LogP contribution >= 0.6 is 11.6 Å². The zero-order chi connectivity index (χ0) is 21.1. The van der Waals surface area contributed by atoms with E-state index in [4.69, 9.17) is 22.4 Å². The number of ketones is 1. The number of halogens is 2. The zero-order valence-corrected chi connectivity index (χ0v) is 16.9. The van der Waals surface area contributed by atoms with E-state index in [1.54, 1.807) is 30.3 Å². The van der Waals surface area contributed by atoms with Gasteiger partial charge in [0, 0.05) is 29.6 Å². The van der Waals surface area contributed by atoms with E-state index < -0.39 is 17.5 Å². The van der Waals surface area contributed by atoms with Crippen molar-refractivity contribution in [2.45, 2.75) is 44.9 Å². The molecule has 7 heteroatoms. The Morgan fingerprint density at radius 3 is 2.45 bits per heavy atom. The average Bonchev–Trinajstić information content (AvgIpc) is 3.51. The van der Waals surface area contributed by atoms with Crippen molar-refractivity contribution in [1.82, 2.24) is 5.32 Å². The Kier molecular flexibility index (Phi) is 6.67. The van der Waals surface area contributed by atoms with Gasteiger partial charge in [0.05, 0.1) is 17.2 Å². The largest absolute Gasteiger partial charge is 0.392 e. The molecule has 1 aliphatic carbocycles. The number of rotatable bonds is 9. The minimum atomic E-state index is -0.649. The van der Waals surface area contributed by atoms with Crippen LogP contribution in [0, 0.1) is 11.7 Å². The maximum Gasteiger partial charge on any atom is 0.218 e. The highest BCUT2D eigenvalue weighted by atomic mass is 35.5. The molecule has 0 aromatic heterocycles. The monoisotopic (exact) mass is 418 g/mol. The molecular formula is C22H24ClFN2O3. The van der Waals surface area contributed by atoms with Gasteiger partial charge in [0.15, 0.2) is 5.78 Å². The summed E-state index contributed by atoms with van der Waals surface area (Å²) in [4.78, 5) is 24.1. The molecule has 0 radical (unpaired) electrons. The molecule has 0 saturated heterocycles. The van der Waals surface area contributed by atoms with Crippen LogP contribution in [0.1, 0.15) is 59.3 Å². The fourth-order valence-electron chi connectivity index (χ4n) is 3.50. The number of nitrogens with one attached hydrogen (secondary N) is 1. The smallest absolute Gasteiger partial charge is 0.218 e. The molecule has 0 bridgehead atoms. The van der Waals surface area contributed by atoms with Gasteiger partial charge in [-0.05, 0) is 37.3 Å². The predicted molar refractivity (Wildman–Crippen MR) is 109 cm³/mol. The van der Waals surface area contributed by atoms with Gasteiger partial charge in [0.2, 0.25) is 5.91 Å². The summed E-state index contributed by atoms with van der Waals surface area (Å²) in [5.74, 6) is -1.37. The minimum absolute atomic E-state index is 0.0437. The van der Waals surface area contributed by atoms with Crippen molar-refractivity contribution in [1.29, 1.82) is 0 Å². The molecule has 2 aromatic carbocycles. The van der Waals surface area contributed by atoms with Crippen LogP contribution in [-0.4, -0.2) is 22.8 Å². The SMILES string of the molecule is C[C@@H](CC(N)=O)N[C@@H](c1ccc(Cl)c(C(=O)c2ccc(CO)cc2)c1F)C1CC1. The van der Waals surface area contributed by atoms with Crippen LogP contribution in [0.25, 0.3) is 0 Å². The third-order valence-corrected chi connectivity index (χ3v) is 5.46. The van der Waals surface area contributed by atoms with Crippen molar-refractivity contribution in [2.75, 3.05) is 0 Å². The standard InChI is InChI=1S/C22H24ClFN2O3/c1-12(10-18(25)28)26-21(14-6-7-14)16-8-9-17(23)19(20(16)24)22(29)15-4-2-13(11-27)3-5-15/h2-5,8-9,12,14,21,26-27H,6-7,10-11H2,1H3,(H2,25,28)/t12-,21+/m0/s1. The van der Waals surface area contributed by atoms with Crippen LogP contribution in [0.5, 0.6) is 0 Å². The molecule has 29 heavy (non-hydrogen) atoms. The highest BCUT2D eigenvalue weighted by Crippen LogP contribution is 2.43. The number of hydrogen-bond donors (Lipinski definition) is 3. The van der Waals surface area contributed by atoms with Crippen molar-refractivity contribution >= 4 is 23.3 Å². The van der Waals surface area contributed by atoms with E-state index >= 15 is 4.39 Å². The van der Waals surface area contributed by atoms with Crippen LogP contribution in [0.15, 0.2) is 36.4 Å². The lowest BCUT2D eigenvalue weighted by Gasteiger charge is -2.24. The fraction of sp³-hybridized carbons (Fsp3) is 0.364. The molecule has 2 aromatic rings. The third kappa shape index (κ3) is 5.01. The van der Waals surface area contributed by atoms with Crippen LogP contribution in [0.2, 0.25) is 5.02 Å². The molecule has 1 fully saturated rings. The summed E-state index contributed by atoms with van der Waals surface area (Å²) < 4.78 is 15.5. The molecule has 4 N–H and O–H groups in total. The van der Waals surface area contributed by atoms with E-state index in [0.717, 1.165) is 12.8 Å². The number of nitrogens with two attached hydrogens (primary N) is 1. The summed E-state index contributed by atoms with van der Waals surface area (Å²) in [5, 5.41) is 12.5. The van der Waals surface area contributed by atoms with Crippen LogP contribution < -0.4 is 11.1 Å². The van der Waals surface area contributed by atoms with Crippen LogP contribution in [0.3, 0.4) is 0 Å². The van der Waals surface area contributed by atoms with E-state index in [1.165, 1.54) is 6.07 Å². The van der Waals surface area contributed by atoms with E-state index in [1.807, 2.05) is 6.92 Å². The van der Waals surface area contributed by atoms with E-state index in [-0.39, 0.29) is 47.2 Å². The van der Waals surface area contributed by atoms with Crippen molar-refractivity contribution in [2.24, 2.45) is 11.7 Å². The Morgan fingerprint density at radius 2 is 1.90 bits per heavy atom. The normalized spacial score (nSPS) is 15.7. The lowest BCUT2D eigenvalue weighted by molar-refractivity contribution is -0.118. The lowest BCUT2D eigenvalue weighted by Crippen LogP contribution is -2.35. The number of amides is 1. The molecule has 0 aliphatic heterocycles. The highest BCUT2D eigenvalue weighted by molar-refractivity contribution is 6.35. The Bertz CT molecular complexity index is 913. The first-order valence-corrected chi connectivity index (χ1v) is 9.96. The number of hydrogen-bond acceptors (Lipinski definition) is 4. The summed E-state index contributed by atoms with van der Waals surface area (Å²) in [7, 11) is 0. The second kappa shape index (κ2) is 9.03. The maximum absolute atomic E-state index is 15.5. The predicted octanol–water partition coefficient (Wildman–Crippen LogP) is 3.51. The van der Waals surface area contributed by atoms with Crippen molar-refractivity contribution in [3.8, 4) is 0 Å². The van der Waals surface area contributed by atoms with Gasteiger partial charge in [-0.25, -0.2) is 4.39 Å². The molecule has 1 saturated carbocycles. The number of primary amides is 1. The molecule has 154 valence electrons. The van der Waals surface area contributed by atoms with Crippen LogP contribution in [-0.2, 0) is 11.4 Å². The highest BCUT2D eigenvalue weighted by Gasteiger charge is 2.36. The molecule has 0 unspecified atom stereocenters. The molecule has 5 nitrogen and oxygen atoms in total. The number of carbonyl (C=O) groups is 2. The molecule has 2 atom stereocenters. The summed E-state index contributed by atoms with van der Waals surface area (Å²) in [6.45, 7) is 1.68. The van der Waals surface area contributed by atoms with Crippen molar-refractivity contribution in [3.05, 3.63) is 69.5 Å². The van der Waals surface area contributed by atoms with Crippen molar-refractivity contribution < 1.29 is 19.1 Å². The van der Waals surface area contributed by atoms with Gasteiger partial charge in [-0.15, -0.1) is 0 Å². The Labute approximate surface area is 174 Å². The fourth-order valence-corrected chi connectivity index (χ4v) is 3.73. The topological polar surface area (TPSA) is 92.4 Å². The Hall–Kier alpha value is -2.28. The second-order valence-corrected chi connectivity index (χ2v) is 7.97. The average molecular weight is 419 g/mol. The van der Waals surface area contributed by atoms with Crippen molar-refractivity contribution in [3.63, 3.8) is 0 Å². The molecule has 1 amide bonds. The number of carbonyl (C=O) groups excluding carboxylic acids is 2. The van der Waals surface area contributed by atoms with Gasteiger partial charge in [0.1, 0.15) is 5.82 Å². The first-order valence-electron chi connectivity index (χ1n) is 9.58. The lowest BCUT2D eigenvalue weighted by atomic mass is 9.94. The van der Waals surface area contributed by atoms with E-state index in [0.29, 0.717) is 11.1 Å². The van der Waals surface area contributed by atoms with E-state index in [9.17, 15) is 9.59 Å². The summed E-state index contributed by atoms with van der Waals surface area (Å²) in [5.41, 5.74) is 6.41. The maximum atomic E-state index is 15.5. The molecule has 1 aliphatic rings. The molecule has 0 heterocycles. The van der Waals surface area contributed by atoms with Gasteiger partial charge < -0.3 is 16.2 Å².